The van der Waals surface area contributed by atoms with Crippen LogP contribution in [0.2, 0.25) is 0 Å². The average molecular weight is 633 g/mol. The molecule has 0 radical (unpaired) electrons. The monoisotopic (exact) mass is 632 g/mol. The van der Waals surface area contributed by atoms with Gasteiger partial charge in [-0.1, -0.05) is 31.5 Å². The number of alkyl halides is 3. The summed E-state index contributed by atoms with van der Waals surface area (Å²) in [7, 11) is 1.65. The number of rotatable bonds is 7. The Labute approximate surface area is 256 Å². The van der Waals surface area contributed by atoms with E-state index in [0.29, 0.717) is 17.2 Å². The van der Waals surface area contributed by atoms with Crippen LogP contribution in [0.15, 0.2) is 30.7 Å². The van der Waals surface area contributed by atoms with E-state index in [9.17, 15) is 32.7 Å². The van der Waals surface area contributed by atoms with E-state index in [-0.39, 0.29) is 35.1 Å². The minimum atomic E-state index is -5.27. The van der Waals surface area contributed by atoms with Crippen LogP contribution in [-0.4, -0.2) is 49.9 Å². The number of hydrogen-bond donors (Lipinski definition) is 2. The van der Waals surface area contributed by atoms with Gasteiger partial charge in [0.2, 0.25) is 5.91 Å². The lowest BCUT2D eigenvalue weighted by molar-refractivity contribution is -0.140. The van der Waals surface area contributed by atoms with E-state index in [4.69, 9.17) is 0 Å². The molecule has 13 heteroatoms. The van der Waals surface area contributed by atoms with E-state index in [1.165, 1.54) is 17.4 Å². The van der Waals surface area contributed by atoms with Crippen LogP contribution in [0.1, 0.15) is 64.6 Å². The Balaban J connectivity index is 1.62. The van der Waals surface area contributed by atoms with Crippen molar-refractivity contribution in [1.82, 2.24) is 19.8 Å². The molecule has 0 bridgehead atoms. The van der Waals surface area contributed by atoms with Gasteiger partial charge in [-0.15, -0.1) is 0 Å². The molecule has 2 amide bonds. The highest BCUT2D eigenvalue weighted by Gasteiger charge is 2.69. The molecule has 1 saturated heterocycles. The third-order valence-electron chi connectivity index (χ3n) is 9.19. The van der Waals surface area contributed by atoms with Crippen LogP contribution in [0.3, 0.4) is 0 Å². The number of aliphatic carboxylic acids is 1. The van der Waals surface area contributed by atoms with Crippen molar-refractivity contribution in [3.63, 3.8) is 0 Å². The number of aromatic nitrogens is 2. The van der Waals surface area contributed by atoms with Crippen molar-refractivity contribution in [3.8, 4) is 11.1 Å². The Morgan fingerprint density at radius 2 is 1.71 bits per heavy atom. The zero-order valence-corrected chi connectivity index (χ0v) is 25.5. The minimum Gasteiger partial charge on any atom is -0.481 e. The maximum absolute atomic E-state index is 16.4. The number of carboxylic acids is 1. The molecule has 4 atom stereocenters. The van der Waals surface area contributed by atoms with Gasteiger partial charge in [-0.3, -0.25) is 14.4 Å². The number of halogens is 5. The summed E-state index contributed by atoms with van der Waals surface area (Å²) in [6.07, 6.45) is -3.53. The number of imidazole rings is 1. The maximum Gasteiger partial charge on any atom is 0.419 e. The summed E-state index contributed by atoms with van der Waals surface area (Å²) in [5.74, 6) is -7.02. The van der Waals surface area contributed by atoms with Crippen molar-refractivity contribution in [2.75, 3.05) is 6.54 Å². The highest BCUT2D eigenvalue weighted by molar-refractivity contribution is 5.97. The van der Waals surface area contributed by atoms with Gasteiger partial charge in [0.05, 0.1) is 24.4 Å². The molecule has 1 aromatic heterocycles. The fourth-order valence-corrected chi connectivity index (χ4v) is 7.08. The van der Waals surface area contributed by atoms with E-state index in [1.54, 1.807) is 44.5 Å². The molecular formula is C32H33F5N4O4. The zero-order valence-electron chi connectivity index (χ0n) is 25.5. The number of nitrogens with one attached hydrogen (secondary N) is 1. The molecule has 240 valence electrons. The summed E-state index contributed by atoms with van der Waals surface area (Å²) in [6, 6.07) is 0.439. The number of piperidine rings is 1. The number of carboxylic acid groups (broad SMARTS) is 1. The smallest absolute Gasteiger partial charge is 0.419 e. The summed E-state index contributed by atoms with van der Waals surface area (Å²) >= 11 is 0. The van der Waals surface area contributed by atoms with Crippen LogP contribution in [0, 0.1) is 49.7 Å². The van der Waals surface area contributed by atoms with Crippen LogP contribution < -0.4 is 5.32 Å². The van der Waals surface area contributed by atoms with Crippen LogP contribution in [-0.2, 0) is 22.8 Å². The Morgan fingerprint density at radius 3 is 2.24 bits per heavy atom. The van der Waals surface area contributed by atoms with Gasteiger partial charge in [0.15, 0.2) is 0 Å². The summed E-state index contributed by atoms with van der Waals surface area (Å²) in [6.45, 7) is 8.87. The first-order valence-electron chi connectivity index (χ1n) is 14.3. The van der Waals surface area contributed by atoms with Crippen LogP contribution in [0.25, 0.3) is 11.1 Å². The first-order chi connectivity index (χ1) is 20.8. The molecule has 1 aliphatic heterocycles. The summed E-state index contributed by atoms with van der Waals surface area (Å²) < 4.78 is 76.3. The number of benzene rings is 2. The second-order valence-electron chi connectivity index (χ2n) is 12.7. The lowest BCUT2D eigenvalue weighted by Gasteiger charge is -2.31. The molecule has 45 heavy (non-hydrogen) atoms. The molecule has 2 aliphatic rings. The van der Waals surface area contributed by atoms with E-state index in [1.807, 2.05) is 13.8 Å². The number of aryl methyl sites for hydroxylation is 4. The maximum atomic E-state index is 16.4. The first kappa shape index (κ1) is 32.1. The topological polar surface area (TPSA) is 105 Å². The van der Waals surface area contributed by atoms with Crippen LogP contribution >= 0.6 is 0 Å². The fraction of sp³-hybridized carbons (Fsp3) is 0.438. The van der Waals surface area contributed by atoms with Gasteiger partial charge in [0.1, 0.15) is 23.4 Å². The van der Waals surface area contributed by atoms with E-state index in [2.05, 4.69) is 10.3 Å². The summed E-state index contributed by atoms with van der Waals surface area (Å²) in [5, 5.41) is 12.0. The minimum absolute atomic E-state index is 0.0555. The summed E-state index contributed by atoms with van der Waals surface area (Å²) in [5.41, 5.74) is -2.21. The molecule has 1 unspecified atom stereocenters. The largest absolute Gasteiger partial charge is 0.481 e. The van der Waals surface area contributed by atoms with Gasteiger partial charge in [-0.25, -0.2) is 13.8 Å². The van der Waals surface area contributed by atoms with Gasteiger partial charge in [-0.2, -0.15) is 13.2 Å². The number of nitrogens with zero attached hydrogens (tertiary/aromatic N) is 3. The molecule has 1 aliphatic carbocycles. The predicted octanol–water partition coefficient (Wildman–Crippen LogP) is 5.74. The Morgan fingerprint density at radius 1 is 1.09 bits per heavy atom. The number of fused-ring (bicyclic) bond motifs is 1. The third-order valence-corrected chi connectivity index (χ3v) is 9.19. The van der Waals surface area contributed by atoms with E-state index < -0.39 is 70.8 Å². The summed E-state index contributed by atoms with van der Waals surface area (Å²) in [4.78, 5) is 44.5. The van der Waals surface area contributed by atoms with Crippen molar-refractivity contribution in [3.05, 3.63) is 75.9 Å². The Kier molecular flexibility index (Phi) is 7.82. The molecule has 5 rings (SSSR count). The lowest BCUT2D eigenvalue weighted by Crippen LogP contribution is -2.51. The van der Waals surface area contributed by atoms with Gasteiger partial charge in [0, 0.05) is 30.9 Å². The number of carbonyl (C=O) groups is 3. The fourth-order valence-electron chi connectivity index (χ4n) is 7.08. The lowest BCUT2D eigenvalue weighted by atomic mass is 9.88. The van der Waals surface area contributed by atoms with Gasteiger partial charge in [0.25, 0.3) is 5.91 Å². The second kappa shape index (κ2) is 11.0. The molecule has 8 nitrogen and oxygen atoms in total. The van der Waals surface area contributed by atoms with E-state index >= 15 is 8.78 Å². The van der Waals surface area contributed by atoms with Gasteiger partial charge < -0.3 is 19.9 Å². The number of amides is 2. The van der Waals surface area contributed by atoms with Crippen molar-refractivity contribution in [2.24, 2.45) is 24.3 Å². The SMILES string of the molecule is Cc1cc(C)c(-c2cc(C(F)(F)F)c(F)c([C@H](CC(=O)O)NC(=O)[C@@H]3[C@@H]4C(CN3C(=O)c3cn(C)cn3)C4(C)C)c2F)c(C)c1. The molecule has 3 aromatic rings. The molecule has 0 spiro atoms. The van der Waals surface area contributed by atoms with Crippen molar-refractivity contribution in [2.45, 2.75) is 59.3 Å². The quantitative estimate of drug-likeness (QED) is 0.324. The highest BCUT2D eigenvalue weighted by atomic mass is 19.4. The normalized spacial score (nSPS) is 21.0. The van der Waals surface area contributed by atoms with Crippen molar-refractivity contribution in [1.29, 1.82) is 0 Å². The molecular weight excluding hydrogens is 599 g/mol. The zero-order chi connectivity index (χ0) is 33.3. The molecule has 2 N–H and O–H groups in total. The number of hydrogen-bond acceptors (Lipinski definition) is 4. The predicted molar refractivity (Wildman–Crippen MR) is 153 cm³/mol. The molecule has 2 aromatic carbocycles. The standard InChI is InChI=1S/C32H33F5N4O4/c1-14-7-15(2)23(16(3)8-14)17-9-18(32(35,36)37)27(34)24(26(17)33)20(10-22(42)43)39-29(44)28-25-19(31(25,4)5)11-41(28)30(45)21-12-40(6)13-38-21/h7-9,12-13,19-20,25,28H,10-11H2,1-6H3,(H,39,44)(H,42,43)/t19?,20-,25-,28-/m0/s1. The average Bonchev–Trinajstić information content (AvgIpc) is 3.26. The van der Waals surface area contributed by atoms with Crippen molar-refractivity contribution >= 4 is 17.8 Å². The molecule has 1 saturated carbocycles. The molecule has 2 fully saturated rings. The van der Waals surface area contributed by atoms with E-state index in [0.717, 1.165) is 5.56 Å². The third kappa shape index (κ3) is 5.57. The van der Waals surface area contributed by atoms with Crippen LogP contribution in [0.4, 0.5) is 22.0 Å². The molecule has 2 heterocycles. The highest BCUT2D eigenvalue weighted by Crippen LogP contribution is 2.65. The van der Waals surface area contributed by atoms with Crippen molar-refractivity contribution < 1.29 is 41.4 Å². The Bertz CT molecular complexity index is 1710. The van der Waals surface area contributed by atoms with Gasteiger partial charge >= 0.3 is 12.1 Å². The number of carbonyl (C=O) groups excluding carboxylic acids is 2. The van der Waals surface area contributed by atoms with Gasteiger partial charge in [-0.05, 0) is 60.8 Å². The first-order valence-corrected chi connectivity index (χ1v) is 14.3. The second-order valence-corrected chi connectivity index (χ2v) is 12.7. The Hall–Kier alpha value is -4.29. The number of likely N-dealkylation sites (tertiary alicyclic amines) is 1. The van der Waals surface area contributed by atoms with Crippen LogP contribution in [0.5, 0.6) is 0 Å².